The van der Waals surface area contributed by atoms with Crippen LogP contribution in [-0.4, -0.2) is 11.2 Å². The van der Waals surface area contributed by atoms with Gasteiger partial charge in [-0.15, -0.1) is 0 Å². The highest BCUT2D eigenvalue weighted by molar-refractivity contribution is 5.76. The van der Waals surface area contributed by atoms with Crippen molar-refractivity contribution in [2.75, 3.05) is 5.43 Å². The maximum absolute atomic E-state index is 13.1. The SMILES string of the molecule is Fc1nc(F)c(F)c(N/N=C\c2ccco2)c1F. The second kappa shape index (κ2) is 4.86. The molecule has 0 bridgehead atoms. The molecule has 0 saturated carbocycles. The molecule has 18 heavy (non-hydrogen) atoms. The lowest BCUT2D eigenvalue weighted by Crippen LogP contribution is -2.05. The summed E-state index contributed by atoms with van der Waals surface area (Å²) >= 11 is 0. The Hall–Kier alpha value is -2.38. The Morgan fingerprint density at radius 3 is 2.39 bits per heavy atom. The molecule has 0 unspecified atom stereocenters. The van der Waals surface area contributed by atoms with Crippen molar-refractivity contribution in [1.82, 2.24) is 4.98 Å². The summed E-state index contributed by atoms with van der Waals surface area (Å²) in [6.07, 6.45) is 2.43. The van der Waals surface area contributed by atoms with E-state index in [1.165, 1.54) is 12.3 Å². The van der Waals surface area contributed by atoms with Crippen LogP contribution in [0.15, 0.2) is 27.9 Å². The molecule has 0 aliphatic heterocycles. The number of pyridine rings is 1. The Balaban J connectivity index is 2.24. The lowest BCUT2D eigenvalue weighted by molar-refractivity contribution is 0.411. The van der Waals surface area contributed by atoms with Gasteiger partial charge in [-0.1, -0.05) is 0 Å². The van der Waals surface area contributed by atoms with Crippen LogP contribution in [0.25, 0.3) is 0 Å². The van der Waals surface area contributed by atoms with Crippen LogP contribution >= 0.6 is 0 Å². The van der Waals surface area contributed by atoms with Crippen molar-refractivity contribution in [2.45, 2.75) is 0 Å². The second-order valence-electron chi connectivity index (χ2n) is 3.08. The third-order valence-corrected chi connectivity index (χ3v) is 1.91. The first-order chi connectivity index (χ1) is 8.59. The maximum Gasteiger partial charge on any atom is 0.254 e. The monoisotopic (exact) mass is 259 g/mol. The van der Waals surface area contributed by atoms with E-state index in [4.69, 9.17) is 4.42 Å². The molecule has 0 aliphatic carbocycles. The van der Waals surface area contributed by atoms with E-state index in [2.05, 4.69) is 10.1 Å². The predicted molar refractivity (Wildman–Crippen MR) is 54.0 cm³/mol. The standard InChI is InChI=1S/C10H5F4N3O/c11-6-8(7(12)10(14)16-9(6)13)17-15-4-5-2-1-3-18-5/h1-4H,(H,16,17)/b15-4-. The van der Waals surface area contributed by atoms with E-state index in [1.807, 2.05) is 5.43 Å². The van der Waals surface area contributed by atoms with E-state index < -0.39 is 29.2 Å². The fraction of sp³-hybridized carbons (Fsp3) is 0. The maximum atomic E-state index is 13.1. The summed E-state index contributed by atoms with van der Waals surface area (Å²) in [4.78, 5) is 2.40. The summed E-state index contributed by atoms with van der Waals surface area (Å²) in [6.45, 7) is 0. The Kier molecular flexibility index (Phi) is 3.26. The first-order valence-electron chi connectivity index (χ1n) is 4.62. The van der Waals surface area contributed by atoms with Gasteiger partial charge in [-0.3, -0.25) is 5.43 Å². The molecule has 0 spiro atoms. The summed E-state index contributed by atoms with van der Waals surface area (Å²) in [5, 5.41) is 3.38. The Bertz CT molecular complexity index is 557. The zero-order chi connectivity index (χ0) is 13.1. The van der Waals surface area contributed by atoms with Crippen molar-refractivity contribution in [3.05, 3.63) is 47.7 Å². The minimum atomic E-state index is -1.76. The van der Waals surface area contributed by atoms with Crippen LogP contribution in [0.1, 0.15) is 5.76 Å². The third kappa shape index (κ3) is 2.31. The van der Waals surface area contributed by atoms with Crippen molar-refractivity contribution in [3.8, 4) is 0 Å². The Morgan fingerprint density at radius 2 is 1.83 bits per heavy atom. The van der Waals surface area contributed by atoms with Gasteiger partial charge in [-0.25, -0.2) is 0 Å². The molecule has 0 atom stereocenters. The highest BCUT2D eigenvalue weighted by Gasteiger charge is 2.20. The normalized spacial score (nSPS) is 11.1. The van der Waals surface area contributed by atoms with Gasteiger partial charge in [-0.2, -0.15) is 27.6 Å². The van der Waals surface area contributed by atoms with E-state index in [0.29, 0.717) is 5.76 Å². The Labute approximate surface area is 97.9 Å². The zero-order valence-electron chi connectivity index (χ0n) is 8.62. The van der Waals surface area contributed by atoms with Gasteiger partial charge < -0.3 is 4.42 Å². The molecule has 0 aromatic carbocycles. The smallest absolute Gasteiger partial charge is 0.254 e. The summed E-state index contributed by atoms with van der Waals surface area (Å²) in [5.41, 5.74) is 0.774. The average Bonchev–Trinajstić information content (AvgIpc) is 2.84. The predicted octanol–water partition coefficient (Wildman–Crippen LogP) is 2.68. The van der Waals surface area contributed by atoms with Crippen LogP contribution < -0.4 is 5.43 Å². The fourth-order valence-corrected chi connectivity index (χ4v) is 1.11. The number of hydrogen-bond acceptors (Lipinski definition) is 4. The number of halogens is 4. The molecular formula is C10H5F4N3O. The topological polar surface area (TPSA) is 50.4 Å². The molecule has 0 radical (unpaired) electrons. The number of anilines is 1. The van der Waals surface area contributed by atoms with Crippen molar-refractivity contribution in [1.29, 1.82) is 0 Å². The summed E-state index contributed by atoms with van der Waals surface area (Å²) in [5.74, 6) is -6.55. The summed E-state index contributed by atoms with van der Waals surface area (Å²) in [7, 11) is 0. The van der Waals surface area contributed by atoms with Crippen LogP contribution in [0.2, 0.25) is 0 Å². The van der Waals surface area contributed by atoms with Crippen molar-refractivity contribution < 1.29 is 22.0 Å². The van der Waals surface area contributed by atoms with Gasteiger partial charge in [0, 0.05) is 0 Å². The number of hydrazone groups is 1. The van der Waals surface area contributed by atoms with Gasteiger partial charge in [0.2, 0.25) is 11.6 Å². The number of rotatable bonds is 3. The van der Waals surface area contributed by atoms with Crippen LogP contribution in [0.5, 0.6) is 0 Å². The minimum Gasteiger partial charge on any atom is -0.463 e. The molecule has 2 aromatic heterocycles. The highest BCUT2D eigenvalue weighted by atomic mass is 19.2. The molecule has 1 N–H and O–H groups in total. The first-order valence-corrected chi connectivity index (χ1v) is 4.62. The van der Waals surface area contributed by atoms with Crippen LogP contribution in [0, 0.1) is 23.5 Å². The van der Waals surface area contributed by atoms with Gasteiger partial charge in [0.15, 0.2) is 0 Å². The molecule has 2 aromatic rings. The van der Waals surface area contributed by atoms with Gasteiger partial charge in [-0.05, 0) is 12.1 Å². The molecular weight excluding hydrogens is 254 g/mol. The minimum absolute atomic E-state index is 0.290. The Morgan fingerprint density at radius 1 is 1.17 bits per heavy atom. The number of nitrogens with zero attached hydrogens (tertiary/aromatic N) is 2. The van der Waals surface area contributed by atoms with E-state index in [0.717, 1.165) is 6.21 Å². The largest absolute Gasteiger partial charge is 0.463 e. The lowest BCUT2D eigenvalue weighted by atomic mass is 10.4. The molecule has 8 heteroatoms. The van der Waals surface area contributed by atoms with E-state index in [9.17, 15) is 17.6 Å². The van der Waals surface area contributed by atoms with Crippen molar-refractivity contribution >= 4 is 11.9 Å². The quantitative estimate of drug-likeness (QED) is 0.399. The van der Waals surface area contributed by atoms with Crippen LogP contribution in [-0.2, 0) is 0 Å². The van der Waals surface area contributed by atoms with Gasteiger partial charge in [0.05, 0.1) is 12.5 Å². The fourth-order valence-electron chi connectivity index (χ4n) is 1.11. The molecule has 0 fully saturated rings. The number of hydrogen-bond donors (Lipinski definition) is 1. The van der Waals surface area contributed by atoms with Gasteiger partial charge in [0.25, 0.3) is 11.9 Å². The molecule has 0 aliphatic rings. The summed E-state index contributed by atoms with van der Waals surface area (Å²) in [6, 6.07) is 3.08. The third-order valence-electron chi connectivity index (χ3n) is 1.91. The van der Waals surface area contributed by atoms with Gasteiger partial charge in [0.1, 0.15) is 11.4 Å². The van der Waals surface area contributed by atoms with Crippen molar-refractivity contribution in [2.24, 2.45) is 5.10 Å². The molecule has 94 valence electrons. The van der Waals surface area contributed by atoms with E-state index in [-0.39, 0.29) is 0 Å². The molecule has 4 nitrogen and oxygen atoms in total. The molecule has 0 saturated heterocycles. The van der Waals surface area contributed by atoms with Crippen molar-refractivity contribution in [3.63, 3.8) is 0 Å². The number of aromatic nitrogens is 1. The zero-order valence-corrected chi connectivity index (χ0v) is 8.62. The van der Waals surface area contributed by atoms with E-state index >= 15 is 0 Å². The number of furan rings is 1. The highest BCUT2D eigenvalue weighted by Crippen LogP contribution is 2.21. The molecule has 2 rings (SSSR count). The van der Waals surface area contributed by atoms with E-state index in [1.54, 1.807) is 6.07 Å². The van der Waals surface area contributed by atoms with Crippen LogP contribution in [0.4, 0.5) is 23.2 Å². The molecule has 2 heterocycles. The lowest BCUT2D eigenvalue weighted by Gasteiger charge is -2.04. The summed E-state index contributed by atoms with van der Waals surface area (Å²) < 4.78 is 56.5. The molecule has 0 amide bonds. The van der Waals surface area contributed by atoms with Gasteiger partial charge >= 0.3 is 0 Å². The first kappa shape index (κ1) is 12.1. The second-order valence-corrected chi connectivity index (χ2v) is 3.08. The number of nitrogens with one attached hydrogen (secondary N) is 1. The van der Waals surface area contributed by atoms with Crippen LogP contribution in [0.3, 0.4) is 0 Å². The average molecular weight is 259 g/mol.